The van der Waals surface area contributed by atoms with Crippen molar-refractivity contribution in [3.63, 3.8) is 0 Å². The Bertz CT molecular complexity index is 832. The standard InChI is InChI=1S/C18H24N4O2/c1-10-19-16(21-24-10)14-11-6-7-12-17(2,3)13(23)8-9-18(12,4)15(11)20-22(14)5/h12H,6-9H2,1-5H3/t12-,18?/m0/s1. The lowest BCUT2D eigenvalue weighted by molar-refractivity contribution is -0.137. The molecule has 4 rings (SSSR count). The summed E-state index contributed by atoms with van der Waals surface area (Å²) in [5.74, 6) is 1.88. The number of fused-ring (bicyclic) bond motifs is 3. The average molecular weight is 328 g/mol. The van der Waals surface area contributed by atoms with E-state index in [9.17, 15) is 4.79 Å². The molecule has 0 aromatic carbocycles. The fourth-order valence-corrected chi connectivity index (χ4v) is 5.05. The molecule has 2 atom stereocenters. The molecule has 1 saturated carbocycles. The Hall–Kier alpha value is -1.98. The molecular weight excluding hydrogens is 304 g/mol. The highest BCUT2D eigenvalue weighted by molar-refractivity contribution is 5.86. The second kappa shape index (κ2) is 4.77. The zero-order chi connectivity index (χ0) is 17.3. The molecule has 0 spiro atoms. The summed E-state index contributed by atoms with van der Waals surface area (Å²) in [6, 6.07) is 0. The molecule has 0 saturated heterocycles. The number of aryl methyl sites for hydroxylation is 2. The van der Waals surface area contributed by atoms with Crippen molar-refractivity contribution < 1.29 is 9.32 Å². The van der Waals surface area contributed by atoms with Crippen LogP contribution < -0.4 is 0 Å². The second-order valence-corrected chi connectivity index (χ2v) is 8.09. The Kier molecular flexibility index (Phi) is 3.09. The molecule has 0 bridgehead atoms. The van der Waals surface area contributed by atoms with Crippen LogP contribution in [0.1, 0.15) is 57.2 Å². The van der Waals surface area contributed by atoms with Crippen molar-refractivity contribution in [3.8, 4) is 11.5 Å². The number of ketones is 1. The van der Waals surface area contributed by atoms with Crippen LogP contribution in [0.3, 0.4) is 0 Å². The smallest absolute Gasteiger partial charge is 0.223 e. The summed E-state index contributed by atoms with van der Waals surface area (Å²) in [5, 5.41) is 8.96. The van der Waals surface area contributed by atoms with Gasteiger partial charge in [-0.25, -0.2) is 0 Å². The van der Waals surface area contributed by atoms with Crippen molar-refractivity contribution in [2.75, 3.05) is 0 Å². The predicted octanol–water partition coefficient (Wildman–Crippen LogP) is 2.99. The second-order valence-electron chi connectivity index (χ2n) is 8.09. The van der Waals surface area contributed by atoms with E-state index in [1.165, 1.54) is 5.56 Å². The van der Waals surface area contributed by atoms with Gasteiger partial charge in [-0.3, -0.25) is 9.48 Å². The van der Waals surface area contributed by atoms with E-state index in [0.717, 1.165) is 30.7 Å². The van der Waals surface area contributed by atoms with Gasteiger partial charge in [-0.15, -0.1) is 0 Å². The largest absolute Gasteiger partial charge is 0.339 e. The van der Waals surface area contributed by atoms with Gasteiger partial charge in [0.1, 0.15) is 11.5 Å². The van der Waals surface area contributed by atoms with E-state index in [0.29, 0.717) is 29.8 Å². The molecule has 0 amide bonds. The van der Waals surface area contributed by atoms with Gasteiger partial charge in [0.2, 0.25) is 11.7 Å². The van der Waals surface area contributed by atoms with Crippen molar-refractivity contribution in [2.45, 2.75) is 58.8 Å². The van der Waals surface area contributed by atoms with Gasteiger partial charge in [0.15, 0.2) is 0 Å². The van der Waals surface area contributed by atoms with E-state index in [1.807, 2.05) is 11.7 Å². The topological polar surface area (TPSA) is 73.8 Å². The van der Waals surface area contributed by atoms with Crippen LogP contribution in [0.15, 0.2) is 4.52 Å². The third kappa shape index (κ3) is 1.88. The first-order valence-electron chi connectivity index (χ1n) is 8.65. The minimum Gasteiger partial charge on any atom is -0.339 e. The number of carbonyl (C=O) groups is 1. The zero-order valence-corrected chi connectivity index (χ0v) is 15.0. The number of nitrogens with zero attached hydrogens (tertiary/aromatic N) is 4. The maximum Gasteiger partial charge on any atom is 0.223 e. The third-order valence-electron chi connectivity index (χ3n) is 6.34. The summed E-state index contributed by atoms with van der Waals surface area (Å²) in [6.07, 6.45) is 3.40. The number of rotatable bonds is 1. The van der Waals surface area contributed by atoms with Gasteiger partial charge in [0.25, 0.3) is 0 Å². The molecule has 6 nitrogen and oxygen atoms in total. The summed E-state index contributed by atoms with van der Waals surface area (Å²) < 4.78 is 7.05. The Morgan fingerprint density at radius 3 is 2.67 bits per heavy atom. The number of hydrogen-bond donors (Lipinski definition) is 0. The maximum absolute atomic E-state index is 12.5. The maximum atomic E-state index is 12.5. The monoisotopic (exact) mass is 328 g/mol. The average Bonchev–Trinajstić information content (AvgIpc) is 3.07. The molecule has 128 valence electrons. The lowest BCUT2D eigenvalue weighted by Crippen LogP contribution is -2.52. The normalized spacial score (nSPS) is 28.5. The van der Waals surface area contributed by atoms with Gasteiger partial charge in [-0.2, -0.15) is 10.1 Å². The van der Waals surface area contributed by atoms with Crippen LogP contribution in [0.2, 0.25) is 0 Å². The van der Waals surface area contributed by atoms with Crippen LogP contribution in [-0.2, 0) is 23.7 Å². The number of carbonyl (C=O) groups excluding carboxylic acids is 1. The summed E-state index contributed by atoms with van der Waals surface area (Å²) in [7, 11) is 1.94. The van der Waals surface area contributed by atoms with Gasteiger partial charge >= 0.3 is 0 Å². The molecule has 2 heterocycles. The summed E-state index contributed by atoms with van der Waals surface area (Å²) in [6.45, 7) is 8.29. The van der Waals surface area contributed by atoms with Crippen molar-refractivity contribution >= 4 is 5.78 Å². The molecule has 6 heteroatoms. The minimum absolute atomic E-state index is 0.0697. The van der Waals surface area contributed by atoms with Gasteiger partial charge in [-0.1, -0.05) is 25.9 Å². The SMILES string of the molecule is Cc1nc(-c2c3c(nn2C)C2(C)CCC(=O)C(C)(C)[C@@H]2CC3)no1. The van der Waals surface area contributed by atoms with Crippen molar-refractivity contribution in [1.82, 2.24) is 19.9 Å². The van der Waals surface area contributed by atoms with Crippen molar-refractivity contribution in [3.05, 3.63) is 17.1 Å². The minimum atomic E-state index is -0.287. The molecule has 0 radical (unpaired) electrons. The Balaban J connectivity index is 1.87. The predicted molar refractivity (Wildman–Crippen MR) is 88.4 cm³/mol. The van der Waals surface area contributed by atoms with Gasteiger partial charge in [-0.05, 0) is 25.2 Å². The molecule has 2 aromatic heterocycles. The lowest BCUT2D eigenvalue weighted by Gasteiger charge is -2.51. The summed E-state index contributed by atoms with van der Waals surface area (Å²) in [5.41, 5.74) is 2.95. The number of aromatic nitrogens is 4. The van der Waals surface area contributed by atoms with E-state index in [2.05, 4.69) is 30.9 Å². The van der Waals surface area contributed by atoms with E-state index < -0.39 is 0 Å². The molecule has 0 aliphatic heterocycles. The van der Waals surface area contributed by atoms with E-state index in [4.69, 9.17) is 9.62 Å². The molecule has 24 heavy (non-hydrogen) atoms. The molecule has 0 N–H and O–H groups in total. The molecule has 2 aliphatic carbocycles. The lowest BCUT2D eigenvalue weighted by atomic mass is 9.51. The molecule has 1 fully saturated rings. The Morgan fingerprint density at radius 2 is 2.00 bits per heavy atom. The number of Topliss-reactive ketones (excluding diaryl/α,β-unsaturated/α-hetero) is 1. The van der Waals surface area contributed by atoms with Crippen LogP contribution >= 0.6 is 0 Å². The van der Waals surface area contributed by atoms with Crippen LogP contribution in [0.5, 0.6) is 0 Å². The van der Waals surface area contributed by atoms with E-state index in [1.54, 1.807) is 6.92 Å². The fourth-order valence-electron chi connectivity index (χ4n) is 5.05. The fraction of sp³-hybridized carbons (Fsp3) is 0.667. The number of hydrogen-bond acceptors (Lipinski definition) is 5. The zero-order valence-electron chi connectivity index (χ0n) is 15.0. The van der Waals surface area contributed by atoms with Gasteiger partial charge in [0.05, 0.1) is 5.69 Å². The summed E-state index contributed by atoms with van der Waals surface area (Å²) >= 11 is 0. The van der Waals surface area contributed by atoms with Crippen molar-refractivity contribution in [1.29, 1.82) is 0 Å². The van der Waals surface area contributed by atoms with Crippen LogP contribution in [0.25, 0.3) is 11.5 Å². The van der Waals surface area contributed by atoms with E-state index in [-0.39, 0.29) is 10.8 Å². The molecular formula is C18H24N4O2. The van der Waals surface area contributed by atoms with Gasteiger partial charge in [0, 0.05) is 36.8 Å². The Morgan fingerprint density at radius 1 is 1.25 bits per heavy atom. The highest BCUT2D eigenvalue weighted by Crippen LogP contribution is 2.56. The Labute approximate surface area is 141 Å². The third-order valence-corrected chi connectivity index (χ3v) is 6.34. The van der Waals surface area contributed by atoms with Crippen LogP contribution in [0, 0.1) is 18.3 Å². The first-order chi connectivity index (χ1) is 11.2. The van der Waals surface area contributed by atoms with Crippen molar-refractivity contribution in [2.24, 2.45) is 18.4 Å². The van der Waals surface area contributed by atoms with Crippen LogP contribution in [-0.4, -0.2) is 25.7 Å². The highest BCUT2D eigenvalue weighted by Gasteiger charge is 2.55. The first-order valence-corrected chi connectivity index (χ1v) is 8.65. The molecule has 2 aromatic rings. The van der Waals surface area contributed by atoms with E-state index >= 15 is 0 Å². The highest BCUT2D eigenvalue weighted by atomic mass is 16.5. The van der Waals surface area contributed by atoms with Gasteiger partial charge < -0.3 is 4.52 Å². The quantitative estimate of drug-likeness (QED) is 0.804. The summed E-state index contributed by atoms with van der Waals surface area (Å²) in [4.78, 5) is 16.9. The molecule has 2 aliphatic rings. The first kappa shape index (κ1) is 15.5. The molecule has 1 unspecified atom stereocenters. The van der Waals surface area contributed by atoms with Crippen LogP contribution in [0.4, 0.5) is 0 Å².